The number of amides is 1. The summed E-state index contributed by atoms with van der Waals surface area (Å²) in [4.78, 5) is 15.4. The van der Waals surface area contributed by atoms with E-state index in [9.17, 15) is 13.2 Å². The van der Waals surface area contributed by atoms with Crippen molar-refractivity contribution in [3.8, 4) is 5.75 Å². The molecule has 4 rings (SSSR count). The molecule has 184 valence electrons. The molecule has 0 saturated carbocycles. The summed E-state index contributed by atoms with van der Waals surface area (Å²) >= 11 is 0. The molecule has 2 aliphatic rings. The molecule has 2 aromatic rings. The number of nitrogens with one attached hydrogen (secondary N) is 1. The van der Waals surface area contributed by atoms with Gasteiger partial charge in [-0.3, -0.25) is 4.79 Å². The van der Waals surface area contributed by atoms with Gasteiger partial charge in [-0.05, 0) is 63.4 Å². The monoisotopic (exact) mass is 487 g/mol. The van der Waals surface area contributed by atoms with Gasteiger partial charge in [-0.1, -0.05) is 17.7 Å². The van der Waals surface area contributed by atoms with Crippen LogP contribution in [0, 0.1) is 6.92 Å². The van der Waals surface area contributed by atoms with Crippen LogP contribution in [-0.2, 0) is 19.6 Å². The first kappa shape index (κ1) is 24.5. The Morgan fingerprint density at radius 2 is 1.68 bits per heavy atom. The maximum Gasteiger partial charge on any atom is 0.265 e. The zero-order valence-electron chi connectivity index (χ0n) is 19.8. The summed E-state index contributed by atoms with van der Waals surface area (Å²) in [7, 11) is -3.69. The smallest absolute Gasteiger partial charge is 0.265 e. The highest BCUT2D eigenvalue weighted by molar-refractivity contribution is 7.89. The molecule has 2 aromatic carbocycles. The van der Waals surface area contributed by atoms with Gasteiger partial charge in [0.25, 0.3) is 5.91 Å². The van der Waals surface area contributed by atoms with Crippen LogP contribution in [0.1, 0.15) is 31.7 Å². The predicted molar refractivity (Wildman–Crippen MR) is 132 cm³/mol. The molecule has 1 N–H and O–H groups in total. The quantitative estimate of drug-likeness (QED) is 0.644. The third-order valence-corrected chi connectivity index (χ3v) is 8.13. The van der Waals surface area contributed by atoms with Crippen LogP contribution < -0.4 is 15.0 Å². The van der Waals surface area contributed by atoms with Gasteiger partial charge in [0.2, 0.25) is 10.0 Å². The number of hydrogen-bond donors (Lipinski definition) is 1. The number of nitrogens with zero attached hydrogens (tertiary/aromatic N) is 2. The number of aryl methyl sites for hydroxylation is 1. The van der Waals surface area contributed by atoms with Gasteiger partial charge in [-0.25, -0.2) is 8.42 Å². The lowest BCUT2D eigenvalue weighted by Crippen LogP contribution is -2.40. The molecular weight excluding hydrogens is 454 g/mol. The Kier molecular flexibility index (Phi) is 7.75. The van der Waals surface area contributed by atoms with Crippen molar-refractivity contribution in [2.45, 2.75) is 44.1 Å². The lowest BCUT2D eigenvalue weighted by molar-refractivity contribution is -0.122. The molecule has 8 nitrogen and oxygen atoms in total. The topological polar surface area (TPSA) is 88.2 Å². The van der Waals surface area contributed by atoms with Gasteiger partial charge in [0.05, 0.1) is 29.5 Å². The normalized spacial score (nSPS) is 18.4. The molecule has 0 aromatic heterocycles. The lowest BCUT2D eigenvalue weighted by atomic mass is 10.1. The summed E-state index contributed by atoms with van der Waals surface area (Å²) in [6.45, 7) is 6.80. The summed E-state index contributed by atoms with van der Waals surface area (Å²) in [5.41, 5.74) is 2.42. The molecule has 0 radical (unpaired) electrons. The van der Waals surface area contributed by atoms with E-state index in [2.05, 4.69) is 10.2 Å². The highest BCUT2D eigenvalue weighted by Crippen LogP contribution is 2.32. The molecular formula is C25H33N3O5S. The standard InChI is InChI=1S/C25H33N3O5S/c1-19-6-8-21(9-7-19)33-20(2)25(29)26-23-18-22(34(30,31)28-14-16-32-17-15-28)10-11-24(23)27-12-4-3-5-13-27/h6-11,18,20H,3-5,12-17H2,1-2H3,(H,26,29). The first-order valence-corrected chi connectivity index (χ1v) is 13.3. The van der Waals surface area contributed by atoms with Gasteiger partial charge in [0.15, 0.2) is 6.10 Å². The highest BCUT2D eigenvalue weighted by atomic mass is 32.2. The average molecular weight is 488 g/mol. The van der Waals surface area contributed by atoms with Crippen LogP contribution in [0.3, 0.4) is 0 Å². The molecule has 0 aliphatic carbocycles. The second-order valence-corrected chi connectivity index (χ2v) is 10.7. The van der Waals surface area contributed by atoms with Crippen molar-refractivity contribution in [1.29, 1.82) is 0 Å². The number of anilines is 2. The van der Waals surface area contributed by atoms with Crippen LogP contribution in [0.25, 0.3) is 0 Å². The van der Waals surface area contributed by atoms with Crippen LogP contribution in [0.4, 0.5) is 11.4 Å². The molecule has 9 heteroatoms. The fourth-order valence-electron chi connectivity index (χ4n) is 4.23. The first-order chi connectivity index (χ1) is 16.3. The molecule has 1 atom stereocenters. The minimum Gasteiger partial charge on any atom is -0.481 e. The van der Waals surface area contributed by atoms with Crippen LogP contribution in [-0.4, -0.2) is 64.1 Å². The van der Waals surface area contributed by atoms with Crippen LogP contribution >= 0.6 is 0 Å². The Morgan fingerprint density at radius 3 is 2.35 bits per heavy atom. The minimum absolute atomic E-state index is 0.164. The van der Waals surface area contributed by atoms with Gasteiger partial charge in [-0.2, -0.15) is 4.31 Å². The molecule has 0 bridgehead atoms. The summed E-state index contributed by atoms with van der Waals surface area (Å²) < 4.78 is 39.0. The molecule has 1 unspecified atom stereocenters. The molecule has 1 amide bonds. The molecule has 34 heavy (non-hydrogen) atoms. The van der Waals surface area contributed by atoms with Crippen molar-refractivity contribution < 1.29 is 22.7 Å². The van der Waals surface area contributed by atoms with E-state index in [0.717, 1.165) is 37.2 Å². The maximum atomic E-state index is 13.2. The second-order valence-electron chi connectivity index (χ2n) is 8.81. The highest BCUT2D eigenvalue weighted by Gasteiger charge is 2.28. The number of carbonyl (C=O) groups is 1. The van der Waals surface area contributed by atoms with E-state index in [-0.39, 0.29) is 10.8 Å². The molecule has 2 fully saturated rings. The van der Waals surface area contributed by atoms with E-state index in [1.165, 1.54) is 10.7 Å². The van der Waals surface area contributed by atoms with E-state index in [0.29, 0.717) is 37.7 Å². The predicted octanol–water partition coefficient (Wildman–Crippen LogP) is 3.41. The zero-order chi connectivity index (χ0) is 24.1. The van der Waals surface area contributed by atoms with E-state index in [4.69, 9.17) is 9.47 Å². The Balaban J connectivity index is 1.59. The third-order valence-electron chi connectivity index (χ3n) is 6.23. The number of benzene rings is 2. The Bertz CT molecular complexity index is 1090. The minimum atomic E-state index is -3.69. The van der Waals surface area contributed by atoms with Gasteiger partial charge in [-0.15, -0.1) is 0 Å². The van der Waals surface area contributed by atoms with E-state index in [1.807, 2.05) is 31.2 Å². The first-order valence-electron chi connectivity index (χ1n) is 11.9. The number of sulfonamides is 1. The molecule has 0 spiro atoms. The average Bonchev–Trinajstić information content (AvgIpc) is 2.86. The van der Waals surface area contributed by atoms with E-state index >= 15 is 0 Å². The van der Waals surface area contributed by atoms with Crippen molar-refractivity contribution in [2.75, 3.05) is 49.6 Å². The number of piperidine rings is 1. The van der Waals surface area contributed by atoms with Crippen molar-refractivity contribution in [2.24, 2.45) is 0 Å². The van der Waals surface area contributed by atoms with Crippen molar-refractivity contribution in [1.82, 2.24) is 4.31 Å². The molecule has 2 aliphatic heterocycles. The number of morpholine rings is 1. The van der Waals surface area contributed by atoms with Crippen LogP contribution in [0.5, 0.6) is 5.75 Å². The zero-order valence-corrected chi connectivity index (χ0v) is 20.6. The maximum absolute atomic E-state index is 13.2. The molecule has 2 saturated heterocycles. The number of ether oxygens (including phenoxy) is 2. The Morgan fingerprint density at radius 1 is 1.00 bits per heavy atom. The lowest BCUT2D eigenvalue weighted by Gasteiger charge is -2.31. The summed E-state index contributed by atoms with van der Waals surface area (Å²) in [6, 6.07) is 12.5. The van der Waals surface area contributed by atoms with Crippen molar-refractivity contribution >= 4 is 27.3 Å². The van der Waals surface area contributed by atoms with Gasteiger partial charge in [0, 0.05) is 26.2 Å². The summed E-state index contributed by atoms with van der Waals surface area (Å²) in [5.74, 6) is 0.271. The van der Waals surface area contributed by atoms with Gasteiger partial charge >= 0.3 is 0 Å². The SMILES string of the molecule is Cc1ccc(OC(C)C(=O)Nc2cc(S(=O)(=O)N3CCOCC3)ccc2N2CCCCC2)cc1. The van der Waals surface area contributed by atoms with Crippen molar-refractivity contribution in [3.63, 3.8) is 0 Å². The summed E-state index contributed by atoms with van der Waals surface area (Å²) in [5, 5.41) is 2.94. The van der Waals surface area contributed by atoms with E-state index in [1.54, 1.807) is 25.1 Å². The number of hydrogen-bond acceptors (Lipinski definition) is 6. The Labute approximate surface area is 201 Å². The van der Waals surface area contributed by atoms with Gasteiger partial charge < -0.3 is 19.7 Å². The molecule has 2 heterocycles. The fourth-order valence-corrected chi connectivity index (χ4v) is 5.67. The third kappa shape index (κ3) is 5.71. The second kappa shape index (κ2) is 10.8. The Hall–Kier alpha value is -2.62. The summed E-state index contributed by atoms with van der Waals surface area (Å²) in [6.07, 6.45) is 2.54. The number of carbonyl (C=O) groups excluding carboxylic acids is 1. The van der Waals surface area contributed by atoms with Crippen LogP contribution in [0.15, 0.2) is 47.4 Å². The van der Waals surface area contributed by atoms with Gasteiger partial charge in [0.1, 0.15) is 5.75 Å². The van der Waals surface area contributed by atoms with E-state index < -0.39 is 16.1 Å². The van der Waals surface area contributed by atoms with Crippen LogP contribution in [0.2, 0.25) is 0 Å². The largest absolute Gasteiger partial charge is 0.481 e. The fraction of sp³-hybridized carbons (Fsp3) is 0.480. The number of rotatable bonds is 7. The van der Waals surface area contributed by atoms with Crippen molar-refractivity contribution in [3.05, 3.63) is 48.0 Å².